The summed E-state index contributed by atoms with van der Waals surface area (Å²) in [6.45, 7) is 3.61. The van der Waals surface area contributed by atoms with E-state index in [-0.39, 0.29) is 23.9 Å². The maximum absolute atomic E-state index is 11.5. The molecule has 1 saturated heterocycles. The summed E-state index contributed by atoms with van der Waals surface area (Å²) in [5, 5.41) is 6.56. The molecule has 0 radical (unpaired) electrons. The first-order valence-corrected chi connectivity index (χ1v) is 10.7. The minimum Gasteiger partial charge on any atom is -0.369 e. The van der Waals surface area contributed by atoms with Gasteiger partial charge in [-0.25, -0.2) is 9.89 Å². The number of nitrogens with zero attached hydrogens (tertiary/aromatic N) is 2. The smallest absolute Gasteiger partial charge is 0.340 e. The van der Waals surface area contributed by atoms with E-state index in [4.69, 9.17) is 4.74 Å². The number of H-pyrrole nitrogens is 2. The zero-order chi connectivity index (χ0) is 20.2. The second-order valence-electron chi connectivity index (χ2n) is 7.46. The van der Waals surface area contributed by atoms with Gasteiger partial charge in [0.25, 0.3) is 0 Å². The van der Waals surface area contributed by atoms with Crippen molar-refractivity contribution in [2.75, 3.05) is 6.54 Å². The van der Waals surface area contributed by atoms with Gasteiger partial charge in [-0.3, -0.25) is 9.88 Å². The fraction of sp³-hybridized carbons (Fsp3) is 0.364. The summed E-state index contributed by atoms with van der Waals surface area (Å²) in [6, 6.07) is 18.8. The maximum atomic E-state index is 11.5. The quantitative estimate of drug-likeness (QED) is 0.578. The van der Waals surface area contributed by atoms with E-state index in [2.05, 4.69) is 79.3 Å². The van der Waals surface area contributed by atoms with Crippen molar-refractivity contribution < 1.29 is 4.74 Å². The Hall–Kier alpha value is -2.22. The molecule has 2 aromatic carbocycles. The third-order valence-electron chi connectivity index (χ3n) is 5.42. The number of hydrogen-bond acceptors (Lipinski definition) is 4. The highest BCUT2D eigenvalue weighted by molar-refractivity contribution is 9.10. The molecule has 1 fully saturated rings. The first-order chi connectivity index (χ1) is 14.1. The van der Waals surface area contributed by atoms with E-state index in [0.29, 0.717) is 12.4 Å². The van der Waals surface area contributed by atoms with E-state index in [0.717, 1.165) is 29.4 Å². The van der Waals surface area contributed by atoms with Gasteiger partial charge in [-0.1, -0.05) is 58.4 Å². The third-order valence-corrected chi connectivity index (χ3v) is 5.91. The lowest BCUT2D eigenvalue weighted by Crippen LogP contribution is -2.43. The number of nitrogens with one attached hydrogen (secondary N) is 2. The molecular weight excluding hydrogens is 432 g/mol. The van der Waals surface area contributed by atoms with E-state index < -0.39 is 0 Å². The molecule has 0 saturated carbocycles. The highest BCUT2D eigenvalue weighted by Crippen LogP contribution is 2.37. The molecule has 1 unspecified atom stereocenters. The minimum atomic E-state index is -0.274. The molecule has 3 aromatic rings. The van der Waals surface area contributed by atoms with Crippen molar-refractivity contribution in [1.29, 1.82) is 0 Å². The Morgan fingerprint density at radius 1 is 1.24 bits per heavy atom. The van der Waals surface area contributed by atoms with Gasteiger partial charge in [0.05, 0.1) is 24.8 Å². The molecule has 0 bridgehead atoms. The molecule has 152 valence electrons. The largest absolute Gasteiger partial charge is 0.369 e. The molecule has 6 nitrogen and oxygen atoms in total. The van der Waals surface area contributed by atoms with Crippen LogP contribution in [0.3, 0.4) is 0 Å². The molecule has 1 aromatic heterocycles. The lowest BCUT2D eigenvalue weighted by Gasteiger charge is -2.42. The van der Waals surface area contributed by atoms with Crippen molar-refractivity contribution in [2.45, 2.75) is 44.6 Å². The number of ether oxygens (including phenoxy) is 1. The summed E-state index contributed by atoms with van der Waals surface area (Å²) >= 11 is 3.55. The summed E-state index contributed by atoms with van der Waals surface area (Å²) < 4.78 is 7.66. The molecule has 0 aliphatic carbocycles. The zero-order valence-corrected chi connectivity index (χ0v) is 17.9. The SMILES string of the molecule is CC(O[C@H]1CCCN(Cc2n[nH]c(=O)[nH]2)[C@H]1c1ccccc1)c1cccc(Br)c1. The third kappa shape index (κ3) is 4.86. The van der Waals surface area contributed by atoms with Crippen molar-refractivity contribution >= 4 is 15.9 Å². The van der Waals surface area contributed by atoms with Crippen molar-refractivity contribution in [3.05, 3.63) is 86.5 Å². The number of piperidine rings is 1. The van der Waals surface area contributed by atoms with Crippen molar-refractivity contribution in [3.8, 4) is 0 Å². The molecule has 2 N–H and O–H groups in total. The van der Waals surface area contributed by atoms with Crippen molar-refractivity contribution in [2.24, 2.45) is 0 Å². The standard InChI is InChI=1S/C22H25BrN4O2/c1-15(17-9-5-10-18(23)13-17)29-19-11-6-12-27(14-20-24-22(28)26-25-20)21(19)16-7-3-2-4-8-16/h2-5,7-10,13,15,19,21H,6,11-12,14H2,1H3,(H2,24,25,26,28)/t15?,19-,21-/m0/s1. The zero-order valence-electron chi connectivity index (χ0n) is 16.3. The summed E-state index contributed by atoms with van der Waals surface area (Å²) in [6.07, 6.45) is 2.05. The molecule has 0 amide bonds. The van der Waals surface area contributed by atoms with E-state index in [1.165, 1.54) is 5.56 Å². The van der Waals surface area contributed by atoms with Gasteiger partial charge in [0.1, 0.15) is 5.82 Å². The van der Waals surface area contributed by atoms with Crippen LogP contribution in [0.2, 0.25) is 0 Å². The lowest BCUT2D eigenvalue weighted by atomic mass is 9.92. The van der Waals surface area contributed by atoms with Crippen molar-refractivity contribution in [3.63, 3.8) is 0 Å². The summed E-state index contributed by atoms with van der Waals surface area (Å²) in [4.78, 5) is 16.6. The summed E-state index contributed by atoms with van der Waals surface area (Å²) in [5.41, 5.74) is 2.10. The number of aromatic nitrogens is 3. The Morgan fingerprint density at radius 3 is 2.79 bits per heavy atom. The number of halogens is 1. The first kappa shape index (κ1) is 20.1. The molecule has 4 rings (SSSR count). The van der Waals surface area contributed by atoms with E-state index in [9.17, 15) is 4.79 Å². The molecule has 1 aliphatic rings. The number of benzene rings is 2. The molecule has 2 heterocycles. The van der Waals surface area contributed by atoms with Crippen molar-refractivity contribution in [1.82, 2.24) is 20.1 Å². The van der Waals surface area contributed by atoms with Crippen LogP contribution >= 0.6 is 15.9 Å². The Labute approximate surface area is 178 Å². The predicted molar refractivity (Wildman–Crippen MR) is 115 cm³/mol. The maximum Gasteiger partial charge on any atom is 0.340 e. The fourth-order valence-electron chi connectivity index (χ4n) is 4.10. The minimum absolute atomic E-state index is 0.0196. The first-order valence-electron chi connectivity index (χ1n) is 9.93. The Kier molecular flexibility index (Phi) is 6.28. The topological polar surface area (TPSA) is 74.0 Å². The molecule has 29 heavy (non-hydrogen) atoms. The van der Waals surface area contributed by atoms with Gasteiger partial charge >= 0.3 is 5.69 Å². The van der Waals surface area contributed by atoms with E-state index in [1.54, 1.807) is 0 Å². The normalized spacial score (nSPS) is 21.2. The van der Waals surface area contributed by atoms with Crippen LogP contribution in [0.5, 0.6) is 0 Å². The second kappa shape index (κ2) is 9.07. The second-order valence-corrected chi connectivity index (χ2v) is 8.38. The van der Waals surface area contributed by atoms with Gasteiger partial charge in [-0.15, -0.1) is 0 Å². The summed E-state index contributed by atoms with van der Waals surface area (Å²) in [7, 11) is 0. The van der Waals surface area contributed by atoms with Crippen LogP contribution in [-0.2, 0) is 11.3 Å². The van der Waals surface area contributed by atoms with E-state index in [1.807, 2.05) is 18.2 Å². The average molecular weight is 457 g/mol. The van der Waals surface area contributed by atoms with Gasteiger partial charge in [-0.05, 0) is 49.6 Å². The van der Waals surface area contributed by atoms with Crippen LogP contribution in [-0.4, -0.2) is 32.7 Å². The average Bonchev–Trinajstić information content (AvgIpc) is 3.13. The number of hydrogen-bond donors (Lipinski definition) is 2. The summed E-state index contributed by atoms with van der Waals surface area (Å²) in [5.74, 6) is 0.650. The number of rotatable bonds is 6. The van der Waals surface area contributed by atoms with Gasteiger partial charge in [0.2, 0.25) is 0 Å². The monoisotopic (exact) mass is 456 g/mol. The van der Waals surface area contributed by atoms with Gasteiger partial charge in [-0.2, -0.15) is 5.10 Å². The van der Waals surface area contributed by atoms with Crippen LogP contribution in [0.15, 0.2) is 63.9 Å². The number of likely N-dealkylation sites (tertiary alicyclic amines) is 1. The van der Waals surface area contributed by atoms with Crippen LogP contribution in [0.4, 0.5) is 0 Å². The van der Waals surface area contributed by atoms with Crippen LogP contribution < -0.4 is 5.69 Å². The Balaban J connectivity index is 1.59. The van der Waals surface area contributed by atoms with Crippen LogP contribution in [0.1, 0.15) is 48.9 Å². The van der Waals surface area contributed by atoms with Crippen LogP contribution in [0, 0.1) is 0 Å². The fourth-order valence-corrected chi connectivity index (χ4v) is 4.51. The highest BCUT2D eigenvalue weighted by Gasteiger charge is 2.35. The Morgan fingerprint density at radius 2 is 2.07 bits per heavy atom. The molecule has 7 heteroatoms. The molecule has 3 atom stereocenters. The Bertz CT molecular complexity index is 987. The molecule has 0 spiro atoms. The molecular formula is C22H25BrN4O2. The number of aromatic amines is 2. The van der Waals surface area contributed by atoms with Crippen LogP contribution in [0.25, 0.3) is 0 Å². The van der Waals surface area contributed by atoms with Gasteiger partial charge < -0.3 is 4.74 Å². The lowest BCUT2D eigenvalue weighted by molar-refractivity contribution is -0.0808. The van der Waals surface area contributed by atoms with Gasteiger partial charge in [0.15, 0.2) is 0 Å². The molecule has 1 aliphatic heterocycles. The highest BCUT2D eigenvalue weighted by atomic mass is 79.9. The van der Waals surface area contributed by atoms with Gasteiger partial charge in [0, 0.05) is 4.47 Å². The predicted octanol–water partition coefficient (Wildman–Crippen LogP) is 4.34. The van der Waals surface area contributed by atoms with E-state index >= 15 is 0 Å².